The molecule has 3 aromatic rings. The normalized spacial score (nSPS) is 12.3. The fourth-order valence-electron chi connectivity index (χ4n) is 3.35. The van der Waals surface area contributed by atoms with E-state index in [0.29, 0.717) is 5.75 Å². The maximum Gasteiger partial charge on any atom is 0.267 e. The van der Waals surface area contributed by atoms with E-state index >= 15 is 0 Å². The van der Waals surface area contributed by atoms with Crippen LogP contribution in [-0.4, -0.2) is 11.5 Å². The van der Waals surface area contributed by atoms with E-state index in [1.54, 1.807) is 13.8 Å². The van der Waals surface area contributed by atoms with Crippen molar-refractivity contribution in [2.45, 2.75) is 25.9 Å². The topological polar surface area (TPSA) is 38.3 Å². The molecule has 4 heteroatoms. The molecule has 1 amide bonds. The van der Waals surface area contributed by atoms with Crippen molar-refractivity contribution in [2.24, 2.45) is 0 Å². The second kappa shape index (κ2) is 6.86. The average Bonchev–Trinajstić information content (AvgIpc) is 3.01. The number of rotatable bonds is 4. The third-order valence-electron chi connectivity index (χ3n) is 4.79. The van der Waals surface area contributed by atoms with E-state index < -0.39 is 5.60 Å². The molecule has 4 rings (SSSR count). The number of carbonyl (C=O) groups excluding carboxylic acids is 1. The van der Waals surface area contributed by atoms with E-state index in [2.05, 4.69) is 57.6 Å². The van der Waals surface area contributed by atoms with Crippen LogP contribution in [0.15, 0.2) is 71.2 Å². The summed E-state index contributed by atoms with van der Waals surface area (Å²) in [4.78, 5) is 12.8. The van der Waals surface area contributed by atoms with Crippen molar-refractivity contribution in [1.29, 1.82) is 0 Å². The first-order valence-corrected chi connectivity index (χ1v) is 9.69. The van der Waals surface area contributed by atoms with Crippen LogP contribution in [0.1, 0.15) is 25.0 Å². The molecule has 0 fully saturated rings. The second-order valence-electron chi connectivity index (χ2n) is 7.23. The lowest BCUT2D eigenvalue weighted by Crippen LogP contribution is -2.42. The number of ether oxygens (including phenoxy) is 1. The van der Waals surface area contributed by atoms with E-state index in [-0.39, 0.29) is 5.91 Å². The van der Waals surface area contributed by atoms with E-state index in [9.17, 15) is 4.79 Å². The smallest absolute Gasteiger partial charge is 0.267 e. The van der Waals surface area contributed by atoms with Crippen LogP contribution >= 0.6 is 15.9 Å². The van der Waals surface area contributed by atoms with Gasteiger partial charge in [0.2, 0.25) is 0 Å². The van der Waals surface area contributed by atoms with Gasteiger partial charge >= 0.3 is 0 Å². The average molecular weight is 422 g/mol. The van der Waals surface area contributed by atoms with E-state index in [0.717, 1.165) is 16.6 Å². The summed E-state index contributed by atoms with van der Waals surface area (Å²) in [7, 11) is 0. The minimum absolute atomic E-state index is 0.180. The first-order valence-electron chi connectivity index (χ1n) is 8.90. The van der Waals surface area contributed by atoms with Gasteiger partial charge in [-0.15, -0.1) is 0 Å². The molecule has 0 bridgehead atoms. The lowest BCUT2D eigenvalue weighted by molar-refractivity contribution is -0.128. The summed E-state index contributed by atoms with van der Waals surface area (Å²) in [6.45, 7) is 3.54. The molecule has 1 aliphatic carbocycles. The molecule has 0 saturated carbocycles. The SMILES string of the molecule is CC(C)(Oc1ccc(Br)cc1)C(=O)Nc1ccc2c(c1)Cc1ccccc1-2. The lowest BCUT2D eigenvalue weighted by Gasteiger charge is -2.25. The third kappa shape index (κ3) is 3.62. The molecule has 0 aliphatic heterocycles. The van der Waals surface area contributed by atoms with E-state index in [1.165, 1.54) is 22.3 Å². The number of carbonyl (C=O) groups is 1. The number of halogens is 1. The van der Waals surface area contributed by atoms with Gasteiger partial charge < -0.3 is 10.1 Å². The lowest BCUT2D eigenvalue weighted by atomic mass is 10.0. The van der Waals surface area contributed by atoms with Crippen LogP contribution in [0.3, 0.4) is 0 Å². The summed E-state index contributed by atoms with van der Waals surface area (Å²) >= 11 is 3.40. The molecule has 136 valence electrons. The maximum atomic E-state index is 12.8. The van der Waals surface area contributed by atoms with Gasteiger partial charge in [-0.05, 0) is 78.9 Å². The largest absolute Gasteiger partial charge is 0.478 e. The molecule has 0 radical (unpaired) electrons. The van der Waals surface area contributed by atoms with Crippen LogP contribution in [0, 0.1) is 0 Å². The standard InChI is InChI=1S/C23H20BrNO2/c1-23(2,27-19-10-7-17(24)8-11-19)22(26)25-18-9-12-21-16(14-18)13-15-5-3-4-6-20(15)21/h3-12,14H,13H2,1-2H3,(H,25,26). The molecular formula is C23H20BrNO2. The quantitative estimate of drug-likeness (QED) is 0.450. The Labute approximate surface area is 167 Å². The zero-order valence-electron chi connectivity index (χ0n) is 15.3. The molecule has 0 heterocycles. The first kappa shape index (κ1) is 17.8. The number of nitrogens with one attached hydrogen (secondary N) is 1. The molecule has 0 spiro atoms. The molecule has 1 aliphatic rings. The molecule has 27 heavy (non-hydrogen) atoms. The van der Waals surface area contributed by atoms with Crippen molar-refractivity contribution in [3.63, 3.8) is 0 Å². The van der Waals surface area contributed by atoms with E-state index in [4.69, 9.17) is 4.74 Å². The molecule has 0 atom stereocenters. The summed E-state index contributed by atoms with van der Waals surface area (Å²) in [5.74, 6) is 0.476. The predicted molar refractivity (Wildman–Crippen MR) is 112 cm³/mol. The van der Waals surface area contributed by atoms with Crippen LogP contribution < -0.4 is 10.1 Å². The first-order chi connectivity index (χ1) is 12.9. The number of hydrogen-bond donors (Lipinski definition) is 1. The second-order valence-corrected chi connectivity index (χ2v) is 8.14. The Balaban J connectivity index is 1.50. The van der Waals surface area contributed by atoms with Gasteiger partial charge in [0.1, 0.15) is 5.75 Å². The van der Waals surface area contributed by atoms with Crippen molar-refractivity contribution in [1.82, 2.24) is 0 Å². The highest BCUT2D eigenvalue weighted by Crippen LogP contribution is 2.37. The van der Waals surface area contributed by atoms with Crippen LogP contribution in [-0.2, 0) is 11.2 Å². The van der Waals surface area contributed by atoms with Gasteiger partial charge in [-0.25, -0.2) is 0 Å². The monoisotopic (exact) mass is 421 g/mol. The number of hydrogen-bond acceptors (Lipinski definition) is 2. The summed E-state index contributed by atoms with van der Waals surface area (Å²) in [5, 5.41) is 3.00. The Bertz CT molecular complexity index is 1010. The van der Waals surface area contributed by atoms with Crippen molar-refractivity contribution in [3.05, 3.63) is 82.3 Å². The Morgan fingerprint density at radius 1 is 0.963 bits per heavy atom. The maximum absolute atomic E-state index is 12.8. The van der Waals surface area contributed by atoms with Gasteiger partial charge in [-0.2, -0.15) is 0 Å². The van der Waals surface area contributed by atoms with Crippen LogP contribution in [0.4, 0.5) is 5.69 Å². The van der Waals surface area contributed by atoms with Crippen molar-refractivity contribution < 1.29 is 9.53 Å². The number of amides is 1. The highest BCUT2D eigenvalue weighted by atomic mass is 79.9. The zero-order chi connectivity index (χ0) is 19.0. The van der Waals surface area contributed by atoms with E-state index in [1.807, 2.05) is 30.3 Å². The molecule has 0 unspecified atom stereocenters. The van der Waals surface area contributed by atoms with Gasteiger partial charge in [0.25, 0.3) is 5.91 Å². The zero-order valence-corrected chi connectivity index (χ0v) is 16.8. The van der Waals surface area contributed by atoms with Crippen molar-refractivity contribution in [3.8, 4) is 16.9 Å². The molecule has 3 nitrogen and oxygen atoms in total. The van der Waals surface area contributed by atoms with Gasteiger partial charge in [0.15, 0.2) is 5.60 Å². The minimum Gasteiger partial charge on any atom is -0.478 e. The van der Waals surface area contributed by atoms with Gasteiger partial charge in [-0.3, -0.25) is 4.79 Å². The summed E-state index contributed by atoms with van der Waals surface area (Å²) in [6.07, 6.45) is 0.897. The predicted octanol–water partition coefficient (Wildman–Crippen LogP) is 5.82. The summed E-state index contributed by atoms with van der Waals surface area (Å²) in [5.41, 5.74) is 4.89. The Morgan fingerprint density at radius 3 is 2.44 bits per heavy atom. The third-order valence-corrected chi connectivity index (χ3v) is 5.31. The Hall–Kier alpha value is -2.59. The molecular weight excluding hydrogens is 402 g/mol. The fourth-order valence-corrected chi connectivity index (χ4v) is 3.61. The summed E-state index contributed by atoms with van der Waals surface area (Å²) in [6, 6.07) is 22.0. The molecule has 0 saturated heterocycles. The van der Waals surface area contributed by atoms with Gasteiger partial charge in [0, 0.05) is 10.2 Å². The number of benzene rings is 3. The molecule has 3 aromatic carbocycles. The molecule has 1 N–H and O–H groups in total. The number of fused-ring (bicyclic) bond motifs is 3. The van der Waals surface area contributed by atoms with Crippen molar-refractivity contribution in [2.75, 3.05) is 5.32 Å². The highest BCUT2D eigenvalue weighted by Gasteiger charge is 2.30. The van der Waals surface area contributed by atoms with Gasteiger partial charge in [0.05, 0.1) is 0 Å². The minimum atomic E-state index is -0.990. The Morgan fingerprint density at radius 2 is 1.67 bits per heavy atom. The summed E-state index contributed by atoms with van der Waals surface area (Å²) < 4.78 is 6.87. The molecule has 0 aromatic heterocycles. The van der Waals surface area contributed by atoms with Crippen molar-refractivity contribution >= 4 is 27.5 Å². The fraction of sp³-hybridized carbons (Fsp3) is 0.174. The highest BCUT2D eigenvalue weighted by molar-refractivity contribution is 9.10. The number of anilines is 1. The van der Waals surface area contributed by atoms with Crippen LogP contribution in [0.5, 0.6) is 5.75 Å². The van der Waals surface area contributed by atoms with Crippen LogP contribution in [0.2, 0.25) is 0 Å². The van der Waals surface area contributed by atoms with Crippen LogP contribution in [0.25, 0.3) is 11.1 Å². The van der Waals surface area contributed by atoms with Gasteiger partial charge in [-0.1, -0.05) is 46.3 Å². The Kier molecular flexibility index (Phi) is 4.52.